The van der Waals surface area contributed by atoms with E-state index < -0.39 is 0 Å². The molecular formula is C21H21N3O4S. The first kappa shape index (κ1) is 20.6. The minimum atomic E-state index is -0.372. The van der Waals surface area contributed by atoms with E-state index in [1.54, 1.807) is 37.3 Å². The van der Waals surface area contributed by atoms with E-state index in [1.165, 1.54) is 11.8 Å². The number of carbonyl (C=O) groups excluding carboxylic acids is 2. The summed E-state index contributed by atoms with van der Waals surface area (Å²) in [5.41, 5.74) is 1.59. The summed E-state index contributed by atoms with van der Waals surface area (Å²) in [7, 11) is 0. The number of anilines is 1. The molecule has 8 heteroatoms. The molecule has 3 rings (SSSR count). The third-order valence-corrected chi connectivity index (χ3v) is 4.94. The van der Waals surface area contributed by atoms with Gasteiger partial charge in [0.25, 0.3) is 5.91 Å². The average Bonchev–Trinajstić information content (AvgIpc) is 3.16. The van der Waals surface area contributed by atoms with Crippen LogP contribution in [0.4, 0.5) is 5.69 Å². The van der Waals surface area contributed by atoms with Gasteiger partial charge >= 0.3 is 5.97 Å². The van der Waals surface area contributed by atoms with Gasteiger partial charge in [0.05, 0.1) is 23.5 Å². The Balaban J connectivity index is 1.65. The molecule has 0 atom stereocenters. The molecule has 1 heterocycles. The minimum absolute atomic E-state index is 0.237. The topological polar surface area (TPSA) is 94.3 Å². The largest absolute Gasteiger partial charge is 0.462 e. The number of carbonyl (C=O) groups is 2. The smallest absolute Gasteiger partial charge is 0.338 e. The Morgan fingerprint density at radius 3 is 2.59 bits per heavy atom. The zero-order chi connectivity index (χ0) is 20.6. The van der Waals surface area contributed by atoms with Crippen molar-refractivity contribution >= 4 is 29.3 Å². The van der Waals surface area contributed by atoms with E-state index >= 15 is 0 Å². The Morgan fingerprint density at radius 1 is 1.14 bits per heavy atom. The highest BCUT2D eigenvalue weighted by Crippen LogP contribution is 2.26. The number of aryl methyl sites for hydroxylation is 1. The fourth-order valence-corrected chi connectivity index (χ4v) is 3.38. The summed E-state index contributed by atoms with van der Waals surface area (Å²) in [5.74, 6) is 0.972. The zero-order valence-corrected chi connectivity index (χ0v) is 17.0. The number of ether oxygens (including phenoxy) is 1. The van der Waals surface area contributed by atoms with Crippen molar-refractivity contribution < 1.29 is 18.8 Å². The molecular weight excluding hydrogens is 390 g/mol. The van der Waals surface area contributed by atoms with Gasteiger partial charge in [0.1, 0.15) is 0 Å². The van der Waals surface area contributed by atoms with E-state index in [1.807, 2.05) is 25.1 Å². The average molecular weight is 411 g/mol. The van der Waals surface area contributed by atoms with E-state index in [0.29, 0.717) is 40.9 Å². The molecule has 0 unspecified atom stereocenters. The van der Waals surface area contributed by atoms with Crippen LogP contribution in [-0.4, -0.2) is 28.6 Å². The lowest BCUT2D eigenvalue weighted by Gasteiger charge is -2.10. The molecule has 1 aromatic heterocycles. The highest BCUT2D eigenvalue weighted by atomic mass is 32.2. The van der Waals surface area contributed by atoms with Crippen LogP contribution < -0.4 is 5.32 Å². The number of nitrogens with zero attached hydrogens (tertiary/aromatic N) is 2. The van der Waals surface area contributed by atoms with Gasteiger partial charge in [0, 0.05) is 17.5 Å². The highest BCUT2D eigenvalue weighted by molar-refractivity contribution is 7.98. The molecule has 0 saturated carbocycles. The van der Waals surface area contributed by atoms with Crippen LogP contribution in [0.2, 0.25) is 0 Å². The van der Waals surface area contributed by atoms with Crippen LogP contribution in [0.5, 0.6) is 0 Å². The molecule has 0 bridgehead atoms. The maximum absolute atomic E-state index is 12.7. The van der Waals surface area contributed by atoms with Crippen LogP contribution in [0.15, 0.2) is 57.9 Å². The second-order valence-corrected chi connectivity index (χ2v) is 7.20. The van der Waals surface area contributed by atoms with E-state index in [0.717, 1.165) is 11.3 Å². The Labute approximate surface area is 172 Å². The first-order valence-electron chi connectivity index (χ1n) is 9.16. The number of thioether (sulfide) groups is 1. The number of nitrogens with one attached hydrogen (secondary N) is 1. The summed E-state index contributed by atoms with van der Waals surface area (Å²) in [6.45, 7) is 4.05. The first-order valence-corrected chi connectivity index (χ1v) is 10.1. The maximum Gasteiger partial charge on any atom is 0.338 e. The van der Waals surface area contributed by atoms with Crippen LogP contribution in [0.25, 0.3) is 0 Å². The number of rotatable bonds is 8. The van der Waals surface area contributed by atoms with Gasteiger partial charge in [-0.2, -0.15) is 4.98 Å². The zero-order valence-electron chi connectivity index (χ0n) is 16.2. The lowest BCUT2D eigenvalue weighted by Crippen LogP contribution is -2.13. The second-order valence-electron chi connectivity index (χ2n) is 6.18. The standard InChI is InChI=1S/C21H21N3O4S/c1-3-12-27-21(26)15-8-10-16(11-9-15)23-20(25)17-6-4-5-7-18(17)29-13-19-22-14(2)28-24-19/h4-11H,3,12-13H2,1-2H3,(H,23,25). The van der Waals surface area contributed by atoms with Crippen molar-refractivity contribution in [1.29, 1.82) is 0 Å². The summed E-state index contributed by atoms with van der Waals surface area (Å²) in [4.78, 5) is 29.6. The molecule has 29 heavy (non-hydrogen) atoms. The quantitative estimate of drug-likeness (QED) is 0.431. The summed E-state index contributed by atoms with van der Waals surface area (Å²) >= 11 is 1.46. The number of hydrogen-bond acceptors (Lipinski definition) is 7. The lowest BCUT2D eigenvalue weighted by atomic mass is 10.2. The van der Waals surface area contributed by atoms with Crippen molar-refractivity contribution in [2.75, 3.05) is 11.9 Å². The molecule has 0 aliphatic rings. The Morgan fingerprint density at radius 2 is 1.90 bits per heavy atom. The van der Waals surface area contributed by atoms with Crippen molar-refractivity contribution in [3.05, 3.63) is 71.4 Å². The first-order chi connectivity index (χ1) is 14.1. The molecule has 7 nitrogen and oxygen atoms in total. The van der Waals surface area contributed by atoms with Crippen LogP contribution >= 0.6 is 11.8 Å². The van der Waals surface area contributed by atoms with Crippen LogP contribution in [-0.2, 0) is 10.5 Å². The fourth-order valence-electron chi connectivity index (χ4n) is 2.49. The van der Waals surface area contributed by atoms with E-state index in [9.17, 15) is 9.59 Å². The lowest BCUT2D eigenvalue weighted by molar-refractivity contribution is 0.0505. The normalized spacial score (nSPS) is 10.6. The van der Waals surface area contributed by atoms with Gasteiger partial charge in [0.2, 0.25) is 5.89 Å². The fraction of sp³-hybridized carbons (Fsp3) is 0.238. The Bertz CT molecular complexity index is 986. The Kier molecular flexibility index (Phi) is 7.02. The van der Waals surface area contributed by atoms with Gasteiger partial charge < -0.3 is 14.6 Å². The molecule has 0 saturated heterocycles. The van der Waals surface area contributed by atoms with Crippen LogP contribution in [0, 0.1) is 6.92 Å². The molecule has 1 amide bonds. The van der Waals surface area contributed by atoms with Crippen molar-refractivity contribution in [3.63, 3.8) is 0 Å². The van der Waals surface area contributed by atoms with E-state index in [4.69, 9.17) is 9.26 Å². The van der Waals surface area contributed by atoms with E-state index in [-0.39, 0.29) is 11.9 Å². The predicted molar refractivity (Wildman–Crippen MR) is 110 cm³/mol. The van der Waals surface area contributed by atoms with Crippen molar-refractivity contribution in [2.24, 2.45) is 0 Å². The monoisotopic (exact) mass is 411 g/mol. The molecule has 0 spiro atoms. The number of benzene rings is 2. The summed E-state index contributed by atoms with van der Waals surface area (Å²) in [6, 6.07) is 13.9. The summed E-state index contributed by atoms with van der Waals surface area (Å²) in [5, 5.41) is 6.72. The third-order valence-electron chi connectivity index (χ3n) is 3.87. The van der Waals surface area contributed by atoms with E-state index in [2.05, 4.69) is 15.5 Å². The third kappa shape index (κ3) is 5.68. The van der Waals surface area contributed by atoms with Crippen LogP contribution in [0.3, 0.4) is 0 Å². The predicted octanol–water partition coefficient (Wildman–Crippen LogP) is 4.49. The van der Waals surface area contributed by atoms with Crippen molar-refractivity contribution in [2.45, 2.75) is 30.9 Å². The van der Waals surface area contributed by atoms with Crippen LogP contribution in [0.1, 0.15) is 45.8 Å². The highest BCUT2D eigenvalue weighted by Gasteiger charge is 2.14. The molecule has 150 valence electrons. The number of esters is 1. The summed E-state index contributed by atoms with van der Waals surface area (Å²) in [6.07, 6.45) is 0.767. The van der Waals surface area contributed by atoms with Gasteiger partial charge in [-0.25, -0.2) is 4.79 Å². The molecule has 2 aromatic carbocycles. The van der Waals surface area contributed by atoms with Gasteiger partial charge in [0.15, 0.2) is 5.82 Å². The van der Waals surface area contributed by atoms with Crippen molar-refractivity contribution in [3.8, 4) is 0 Å². The molecule has 0 aliphatic carbocycles. The molecule has 0 fully saturated rings. The molecule has 3 aromatic rings. The molecule has 1 N–H and O–H groups in total. The van der Waals surface area contributed by atoms with Gasteiger partial charge in [-0.3, -0.25) is 4.79 Å². The van der Waals surface area contributed by atoms with Gasteiger partial charge in [-0.1, -0.05) is 24.2 Å². The molecule has 0 radical (unpaired) electrons. The number of aromatic nitrogens is 2. The van der Waals surface area contributed by atoms with Gasteiger partial charge in [-0.05, 0) is 42.8 Å². The minimum Gasteiger partial charge on any atom is -0.462 e. The Hall–Kier alpha value is -3.13. The number of hydrogen-bond donors (Lipinski definition) is 1. The van der Waals surface area contributed by atoms with Crippen molar-refractivity contribution in [1.82, 2.24) is 10.1 Å². The SMILES string of the molecule is CCCOC(=O)c1ccc(NC(=O)c2ccccc2SCc2noc(C)n2)cc1. The second kappa shape index (κ2) is 9.88. The molecule has 0 aliphatic heterocycles. The summed E-state index contributed by atoms with van der Waals surface area (Å²) < 4.78 is 10.1. The number of amides is 1. The van der Waals surface area contributed by atoms with Gasteiger partial charge in [-0.15, -0.1) is 11.8 Å². The maximum atomic E-state index is 12.7.